The van der Waals surface area contributed by atoms with Gasteiger partial charge in [-0.15, -0.1) is 0 Å². The monoisotopic (exact) mass is 794 g/mol. The molecule has 0 spiro atoms. The van der Waals surface area contributed by atoms with Gasteiger partial charge in [0.25, 0.3) is 0 Å². The number of rotatable bonds is 8. The van der Waals surface area contributed by atoms with E-state index in [-0.39, 0.29) is 0 Å². The van der Waals surface area contributed by atoms with Crippen molar-refractivity contribution in [3.05, 3.63) is 231 Å². The number of hydrogen-bond donors (Lipinski definition) is 0. The molecule has 12 rings (SSSR count). The Morgan fingerprint density at radius 2 is 0.903 bits per heavy atom. The van der Waals surface area contributed by atoms with Crippen LogP contribution in [0.2, 0.25) is 0 Å². The Labute approximate surface area is 359 Å². The van der Waals surface area contributed by atoms with Gasteiger partial charge in [-0.05, 0) is 101 Å². The van der Waals surface area contributed by atoms with E-state index in [1.807, 2.05) is 12.1 Å². The van der Waals surface area contributed by atoms with E-state index in [1.165, 1.54) is 0 Å². The van der Waals surface area contributed by atoms with E-state index in [4.69, 9.17) is 9.15 Å². The molecule has 292 valence electrons. The maximum Gasteiger partial charge on any atom is 0.159 e. The molecule has 0 atom stereocenters. The van der Waals surface area contributed by atoms with Gasteiger partial charge in [-0.1, -0.05) is 152 Å². The van der Waals surface area contributed by atoms with Gasteiger partial charge in [0.15, 0.2) is 5.58 Å². The largest absolute Gasteiger partial charge is 0.456 e. The zero-order chi connectivity index (χ0) is 41.0. The van der Waals surface area contributed by atoms with Crippen LogP contribution in [-0.2, 0) is 0 Å². The van der Waals surface area contributed by atoms with Gasteiger partial charge >= 0.3 is 0 Å². The van der Waals surface area contributed by atoms with Gasteiger partial charge in [-0.25, -0.2) is 0 Å². The maximum atomic E-state index is 6.89. The lowest BCUT2D eigenvalue weighted by atomic mass is 9.91. The van der Waals surface area contributed by atoms with E-state index in [1.54, 1.807) is 0 Å². The van der Waals surface area contributed by atoms with Crippen molar-refractivity contribution in [3.8, 4) is 44.9 Å². The first-order valence-electron chi connectivity index (χ1n) is 21.0. The molecule has 1 aliphatic heterocycles. The summed E-state index contributed by atoms with van der Waals surface area (Å²) in [5, 5.41) is 4.34. The highest BCUT2D eigenvalue weighted by atomic mass is 16.5. The summed E-state index contributed by atoms with van der Waals surface area (Å²) in [5.74, 6) is 1.67. The van der Waals surface area contributed by atoms with Gasteiger partial charge in [0, 0.05) is 49.7 Å². The molecule has 62 heavy (non-hydrogen) atoms. The number of anilines is 6. The molecule has 0 saturated heterocycles. The average molecular weight is 795 g/mol. The molecule has 0 fully saturated rings. The summed E-state index contributed by atoms with van der Waals surface area (Å²) in [5.41, 5.74) is 14.7. The summed E-state index contributed by atoms with van der Waals surface area (Å²) in [4.78, 5) is 4.65. The van der Waals surface area contributed by atoms with Crippen LogP contribution in [0, 0.1) is 0 Å². The number of ether oxygens (including phenoxy) is 1. The highest BCUT2D eigenvalue weighted by Crippen LogP contribution is 2.53. The minimum atomic E-state index is 0.832. The highest BCUT2D eigenvalue weighted by Gasteiger charge is 2.27. The molecule has 0 radical (unpaired) electrons. The predicted octanol–water partition coefficient (Wildman–Crippen LogP) is 16.8. The van der Waals surface area contributed by atoms with Crippen LogP contribution in [0.25, 0.3) is 66.1 Å². The Morgan fingerprint density at radius 1 is 0.306 bits per heavy atom. The summed E-state index contributed by atoms with van der Waals surface area (Å²) >= 11 is 0. The first-order valence-corrected chi connectivity index (χ1v) is 21.0. The van der Waals surface area contributed by atoms with Crippen molar-refractivity contribution in [3.63, 3.8) is 0 Å². The van der Waals surface area contributed by atoms with E-state index in [0.717, 1.165) is 112 Å². The van der Waals surface area contributed by atoms with Crippen molar-refractivity contribution in [1.29, 1.82) is 0 Å². The Morgan fingerprint density at radius 3 is 1.69 bits per heavy atom. The summed E-state index contributed by atoms with van der Waals surface area (Å²) < 4.78 is 13.6. The summed E-state index contributed by atoms with van der Waals surface area (Å²) in [6, 6.07) is 81.3. The fraction of sp³-hybridized carbons (Fsp3) is 0. The molecule has 10 aromatic carbocycles. The Balaban J connectivity index is 0.977. The molecule has 0 unspecified atom stereocenters. The Hall–Kier alpha value is -8.34. The van der Waals surface area contributed by atoms with Crippen LogP contribution in [0.15, 0.2) is 235 Å². The molecule has 11 aromatic rings. The van der Waals surface area contributed by atoms with E-state index in [9.17, 15) is 0 Å². The molecule has 0 amide bonds. The standard InChI is InChI=1S/C58H38N2O2/c1-4-16-40(17-5-1)45-22-10-12-26-51(45)60(53-27-14-24-49-46-23-11-13-28-54(46)62-58(49)53)52-37-36-48-47-35-32-41(38-56(47)61-55-29-15-25-50(52)57(48)55)39-30-33-44(34-31-39)59(42-18-6-2-7-19-42)43-20-8-3-9-21-43/h1-38H. The van der Waals surface area contributed by atoms with Crippen LogP contribution in [0.5, 0.6) is 11.5 Å². The van der Waals surface area contributed by atoms with Crippen molar-refractivity contribution < 1.29 is 9.15 Å². The molecule has 0 N–H and O–H groups in total. The zero-order valence-corrected chi connectivity index (χ0v) is 33.7. The highest BCUT2D eigenvalue weighted by molar-refractivity contribution is 6.15. The molecule has 4 nitrogen and oxygen atoms in total. The van der Waals surface area contributed by atoms with Crippen LogP contribution < -0.4 is 14.5 Å². The van der Waals surface area contributed by atoms with E-state index in [0.29, 0.717) is 0 Å². The Bertz CT molecular complexity index is 3390. The molecule has 0 saturated carbocycles. The van der Waals surface area contributed by atoms with Gasteiger partial charge in [0.05, 0.1) is 17.1 Å². The lowest BCUT2D eigenvalue weighted by Crippen LogP contribution is -2.12. The number of hydrogen-bond acceptors (Lipinski definition) is 4. The van der Waals surface area contributed by atoms with Crippen LogP contribution in [-0.4, -0.2) is 0 Å². The minimum Gasteiger partial charge on any atom is -0.456 e. The third-order valence-electron chi connectivity index (χ3n) is 12.1. The van der Waals surface area contributed by atoms with Gasteiger partial charge in [-0.3, -0.25) is 0 Å². The van der Waals surface area contributed by atoms with Crippen LogP contribution in [0.4, 0.5) is 34.1 Å². The lowest BCUT2D eigenvalue weighted by Gasteiger charge is -2.30. The second-order valence-corrected chi connectivity index (χ2v) is 15.6. The molecular formula is C58H38N2O2. The second-order valence-electron chi connectivity index (χ2n) is 15.6. The summed E-state index contributed by atoms with van der Waals surface area (Å²) in [6.45, 7) is 0. The molecule has 0 aliphatic carbocycles. The lowest BCUT2D eigenvalue weighted by molar-refractivity contribution is 0.487. The number of fused-ring (bicyclic) bond motifs is 5. The smallest absolute Gasteiger partial charge is 0.159 e. The van der Waals surface area contributed by atoms with Crippen molar-refractivity contribution >= 4 is 66.8 Å². The fourth-order valence-electron chi connectivity index (χ4n) is 9.22. The minimum absolute atomic E-state index is 0.832. The first-order chi connectivity index (χ1) is 30.8. The van der Waals surface area contributed by atoms with Crippen molar-refractivity contribution in [2.24, 2.45) is 0 Å². The SMILES string of the molecule is c1ccc(-c2ccccc2N(c2ccc3c4c(cccc24)Oc2cc(-c4ccc(N(c5ccccc5)c5ccccc5)cc4)ccc2-3)c2cccc3c2oc2ccccc23)cc1. The maximum absolute atomic E-state index is 6.89. The normalized spacial score (nSPS) is 11.7. The van der Waals surface area contributed by atoms with Gasteiger partial charge < -0.3 is 19.0 Å². The number of furan rings is 1. The number of benzene rings is 10. The zero-order valence-electron chi connectivity index (χ0n) is 33.7. The molecular weight excluding hydrogens is 757 g/mol. The Kier molecular flexibility index (Phi) is 8.46. The van der Waals surface area contributed by atoms with Crippen molar-refractivity contribution in [1.82, 2.24) is 0 Å². The van der Waals surface area contributed by atoms with E-state index >= 15 is 0 Å². The molecule has 0 bridgehead atoms. The topological polar surface area (TPSA) is 28.9 Å². The van der Waals surface area contributed by atoms with Gasteiger partial charge in [-0.2, -0.15) is 0 Å². The first kappa shape index (κ1) is 35.6. The van der Waals surface area contributed by atoms with Gasteiger partial charge in [0.1, 0.15) is 17.1 Å². The number of para-hydroxylation sites is 5. The molecule has 1 aliphatic rings. The molecule has 1 aromatic heterocycles. The summed E-state index contributed by atoms with van der Waals surface area (Å²) in [6.07, 6.45) is 0. The quantitative estimate of drug-likeness (QED) is 0.153. The third kappa shape index (κ3) is 5.92. The van der Waals surface area contributed by atoms with E-state index in [2.05, 4.69) is 228 Å². The molecule has 2 heterocycles. The average Bonchev–Trinajstić information content (AvgIpc) is 3.73. The second kappa shape index (κ2) is 14.7. The van der Waals surface area contributed by atoms with Crippen LogP contribution >= 0.6 is 0 Å². The predicted molar refractivity (Wildman–Crippen MR) is 257 cm³/mol. The van der Waals surface area contributed by atoms with E-state index < -0.39 is 0 Å². The number of nitrogens with zero attached hydrogens (tertiary/aromatic N) is 2. The van der Waals surface area contributed by atoms with Crippen LogP contribution in [0.1, 0.15) is 0 Å². The van der Waals surface area contributed by atoms with Gasteiger partial charge in [0.2, 0.25) is 0 Å². The summed E-state index contributed by atoms with van der Waals surface area (Å²) in [7, 11) is 0. The third-order valence-corrected chi connectivity index (χ3v) is 12.1. The van der Waals surface area contributed by atoms with Crippen molar-refractivity contribution in [2.75, 3.05) is 9.80 Å². The van der Waals surface area contributed by atoms with Crippen molar-refractivity contribution in [2.45, 2.75) is 0 Å². The fourth-order valence-corrected chi connectivity index (χ4v) is 9.22. The van der Waals surface area contributed by atoms with Crippen LogP contribution in [0.3, 0.4) is 0 Å². The molecule has 4 heteroatoms.